The highest BCUT2D eigenvalue weighted by Gasteiger charge is 2.07. The van der Waals surface area contributed by atoms with Gasteiger partial charge in [-0.1, -0.05) is 17.7 Å². The fourth-order valence-electron chi connectivity index (χ4n) is 1.66. The molecule has 1 aromatic heterocycles. The lowest BCUT2D eigenvalue weighted by atomic mass is 10.3. The Balaban J connectivity index is 2.12. The van der Waals surface area contributed by atoms with Crippen molar-refractivity contribution < 1.29 is 4.74 Å². The summed E-state index contributed by atoms with van der Waals surface area (Å²) in [7, 11) is 1.59. The standard InChI is InChI=1S/C14H14ClN3OS/c1-9-4-3-7-16-13(9)18-14(20)17-11-8-10(15)5-6-12(11)19-2/h3-8H,1-2H3,(H2,16,17,18,20). The van der Waals surface area contributed by atoms with Crippen LogP contribution in [-0.2, 0) is 0 Å². The number of nitrogens with zero attached hydrogens (tertiary/aromatic N) is 1. The van der Waals surface area contributed by atoms with Gasteiger partial charge in [-0.25, -0.2) is 4.98 Å². The molecule has 0 unspecified atom stereocenters. The molecule has 0 radical (unpaired) electrons. The average molecular weight is 308 g/mol. The van der Waals surface area contributed by atoms with E-state index in [1.165, 1.54) is 0 Å². The zero-order valence-electron chi connectivity index (χ0n) is 11.1. The molecule has 0 saturated heterocycles. The molecule has 104 valence electrons. The highest BCUT2D eigenvalue weighted by Crippen LogP contribution is 2.27. The van der Waals surface area contributed by atoms with E-state index in [1.807, 2.05) is 19.1 Å². The van der Waals surface area contributed by atoms with Crippen LogP contribution in [0, 0.1) is 6.92 Å². The Morgan fingerprint density at radius 1 is 1.30 bits per heavy atom. The minimum absolute atomic E-state index is 0.423. The van der Waals surface area contributed by atoms with E-state index < -0.39 is 0 Å². The molecule has 6 heteroatoms. The van der Waals surface area contributed by atoms with Crippen molar-refractivity contribution in [3.63, 3.8) is 0 Å². The van der Waals surface area contributed by atoms with E-state index >= 15 is 0 Å². The van der Waals surface area contributed by atoms with Gasteiger partial charge in [0.1, 0.15) is 11.6 Å². The number of benzene rings is 1. The second-order valence-electron chi connectivity index (χ2n) is 4.09. The molecular formula is C14H14ClN3OS. The number of pyridine rings is 1. The quantitative estimate of drug-likeness (QED) is 0.843. The van der Waals surface area contributed by atoms with E-state index in [9.17, 15) is 0 Å². The Morgan fingerprint density at radius 3 is 2.80 bits per heavy atom. The zero-order valence-corrected chi connectivity index (χ0v) is 12.7. The highest BCUT2D eigenvalue weighted by molar-refractivity contribution is 7.80. The molecule has 0 bridgehead atoms. The summed E-state index contributed by atoms with van der Waals surface area (Å²) in [6, 6.07) is 9.11. The molecule has 0 atom stereocenters. The predicted molar refractivity (Wildman–Crippen MR) is 86.8 cm³/mol. The molecule has 4 nitrogen and oxygen atoms in total. The van der Waals surface area contributed by atoms with Crippen molar-refractivity contribution in [2.24, 2.45) is 0 Å². The summed E-state index contributed by atoms with van der Waals surface area (Å²) >= 11 is 11.2. The van der Waals surface area contributed by atoms with Crippen molar-refractivity contribution in [2.45, 2.75) is 6.92 Å². The molecule has 0 saturated carbocycles. The Labute approximate surface area is 128 Å². The number of halogens is 1. The van der Waals surface area contributed by atoms with E-state index in [1.54, 1.807) is 31.5 Å². The Bertz CT molecular complexity index is 634. The molecule has 2 rings (SSSR count). The highest BCUT2D eigenvalue weighted by atomic mass is 35.5. The summed E-state index contributed by atoms with van der Waals surface area (Å²) in [5, 5.41) is 7.11. The summed E-state index contributed by atoms with van der Waals surface area (Å²) in [5.41, 5.74) is 1.71. The second kappa shape index (κ2) is 6.54. The zero-order chi connectivity index (χ0) is 14.5. The van der Waals surface area contributed by atoms with Gasteiger partial charge in [0.2, 0.25) is 0 Å². The van der Waals surface area contributed by atoms with Crippen LogP contribution in [0.15, 0.2) is 36.5 Å². The largest absolute Gasteiger partial charge is 0.495 e. The van der Waals surface area contributed by atoms with Crippen molar-refractivity contribution in [1.82, 2.24) is 4.98 Å². The van der Waals surface area contributed by atoms with Crippen LogP contribution in [0.5, 0.6) is 5.75 Å². The molecule has 2 aromatic rings. The lowest BCUT2D eigenvalue weighted by molar-refractivity contribution is 0.417. The lowest BCUT2D eigenvalue weighted by Crippen LogP contribution is -2.20. The van der Waals surface area contributed by atoms with Crippen molar-refractivity contribution in [3.8, 4) is 5.75 Å². The van der Waals surface area contributed by atoms with Gasteiger partial charge in [-0.3, -0.25) is 0 Å². The van der Waals surface area contributed by atoms with Crippen LogP contribution < -0.4 is 15.4 Å². The van der Waals surface area contributed by atoms with Crippen molar-refractivity contribution >= 4 is 40.4 Å². The summed E-state index contributed by atoms with van der Waals surface area (Å²) in [6.45, 7) is 1.96. The molecule has 0 aliphatic rings. The van der Waals surface area contributed by atoms with Gasteiger partial charge in [-0.05, 0) is 49.0 Å². The van der Waals surface area contributed by atoms with Crippen LogP contribution in [0.3, 0.4) is 0 Å². The van der Waals surface area contributed by atoms with Crippen molar-refractivity contribution in [2.75, 3.05) is 17.7 Å². The van der Waals surface area contributed by atoms with Gasteiger partial charge in [-0.2, -0.15) is 0 Å². The van der Waals surface area contributed by atoms with E-state index in [0.29, 0.717) is 27.4 Å². The monoisotopic (exact) mass is 307 g/mol. The fourth-order valence-corrected chi connectivity index (χ4v) is 2.03. The number of ether oxygens (including phenoxy) is 1. The fraction of sp³-hybridized carbons (Fsp3) is 0.143. The lowest BCUT2D eigenvalue weighted by Gasteiger charge is -2.14. The maximum atomic E-state index is 5.97. The third-order valence-electron chi connectivity index (χ3n) is 2.65. The topological polar surface area (TPSA) is 46.2 Å². The first-order valence-corrected chi connectivity index (χ1v) is 6.72. The van der Waals surface area contributed by atoms with E-state index in [2.05, 4.69) is 15.6 Å². The molecule has 0 amide bonds. The first-order valence-electron chi connectivity index (χ1n) is 5.93. The minimum atomic E-state index is 0.423. The summed E-state index contributed by atoms with van der Waals surface area (Å²) in [5.74, 6) is 1.38. The van der Waals surface area contributed by atoms with Gasteiger partial charge in [-0.15, -0.1) is 0 Å². The summed E-state index contributed by atoms with van der Waals surface area (Å²) < 4.78 is 5.25. The summed E-state index contributed by atoms with van der Waals surface area (Å²) in [4.78, 5) is 4.22. The number of aromatic nitrogens is 1. The van der Waals surface area contributed by atoms with Crippen LogP contribution in [-0.4, -0.2) is 17.2 Å². The van der Waals surface area contributed by atoms with Crippen molar-refractivity contribution in [1.29, 1.82) is 0 Å². The Morgan fingerprint density at radius 2 is 2.10 bits per heavy atom. The number of hydrogen-bond donors (Lipinski definition) is 2. The minimum Gasteiger partial charge on any atom is -0.495 e. The molecule has 20 heavy (non-hydrogen) atoms. The molecular weight excluding hydrogens is 294 g/mol. The van der Waals surface area contributed by atoms with Gasteiger partial charge in [0.05, 0.1) is 12.8 Å². The summed E-state index contributed by atoms with van der Waals surface area (Å²) in [6.07, 6.45) is 1.71. The number of methoxy groups -OCH3 is 1. The van der Waals surface area contributed by atoms with Crippen LogP contribution >= 0.6 is 23.8 Å². The van der Waals surface area contributed by atoms with E-state index in [-0.39, 0.29) is 0 Å². The molecule has 0 spiro atoms. The van der Waals surface area contributed by atoms with Gasteiger partial charge in [0, 0.05) is 11.2 Å². The van der Waals surface area contributed by atoms with Gasteiger partial charge in [0.15, 0.2) is 5.11 Å². The number of aryl methyl sites for hydroxylation is 1. The Kier molecular flexibility index (Phi) is 4.76. The number of anilines is 2. The smallest absolute Gasteiger partial charge is 0.176 e. The third-order valence-corrected chi connectivity index (χ3v) is 3.09. The maximum Gasteiger partial charge on any atom is 0.176 e. The Hall–Kier alpha value is -1.85. The molecule has 0 aliphatic carbocycles. The van der Waals surface area contributed by atoms with Crippen LogP contribution in [0.25, 0.3) is 0 Å². The van der Waals surface area contributed by atoms with Crippen LogP contribution in [0.4, 0.5) is 11.5 Å². The number of thiocarbonyl (C=S) groups is 1. The number of rotatable bonds is 3. The first kappa shape index (κ1) is 14.6. The third kappa shape index (κ3) is 3.59. The molecule has 2 N–H and O–H groups in total. The number of hydrogen-bond acceptors (Lipinski definition) is 3. The normalized spacial score (nSPS) is 9.95. The molecule has 0 aliphatic heterocycles. The number of nitrogens with one attached hydrogen (secondary N) is 2. The maximum absolute atomic E-state index is 5.97. The van der Waals surface area contributed by atoms with Gasteiger partial charge < -0.3 is 15.4 Å². The molecule has 0 fully saturated rings. The average Bonchev–Trinajstić information content (AvgIpc) is 2.41. The van der Waals surface area contributed by atoms with Gasteiger partial charge >= 0.3 is 0 Å². The first-order chi connectivity index (χ1) is 9.60. The van der Waals surface area contributed by atoms with Crippen molar-refractivity contribution in [3.05, 3.63) is 47.1 Å². The van der Waals surface area contributed by atoms with Gasteiger partial charge in [0.25, 0.3) is 0 Å². The predicted octanol–water partition coefficient (Wildman–Crippen LogP) is 3.86. The van der Waals surface area contributed by atoms with E-state index in [4.69, 9.17) is 28.6 Å². The molecule has 1 aromatic carbocycles. The SMILES string of the molecule is COc1ccc(Cl)cc1NC(=S)Nc1ncccc1C. The van der Waals surface area contributed by atoms with Crippen LogP contribution in [0.1, 0.15) is 5.56 Å². The molecule has 1 heterocycles. The van der Waals surface area contributed by atoms with Crippen LogP contribution in [0.2, 0.25) is 5.02 Å². The second-order valence-corrected chi connectivity index (χ2v) is 4.94. The van der Waals surface area contributed by atoms with E-state index in [0.717, 1.165) is 5.56 Å².